The lowest BCUT2D eigenvalue weighted by Crippen LogP contribution is -2.28. The molecule has 0 atom stereocenters. The molecule has 0 saturated carbocycles. The normalized spacial score (nSPS) is 11.6. The summed E-state index contributed by atoms with van der Waals surface area (Å²) in [5.41, 5.74) is 1.29. The van der Waals surface area contributed by atoms with Crippen LogP contribution in [0.25, 0.3) is 27.7 Å². The van der Waals surface area contributed by atoms with E-state index in [1.54, 1.807) is 50.2 Å². The smallest absolute Gasteiger partial charge is 0.313 e. The van der Waals surface area contributed by atoms with Gasteiger partial charge in [0.05, 0.1) is 22.2 Å². The molecule has 0 saturated heterocycles. The maximum absolute atomic E-state index is 13.1. The van der Waals surface area contributed by atoms with Gasteiger partial charge in [0.1, 0.15) is 0 Å². The van der Waals surface area contributed by atoms with Crippen molar-refractivity contribution in [2.24, 2.45) is 0 Å². The van der Waals surface area contributed by atoms with E-state index in [2.05, 4.69) is 5.10 Å². The van der Waals surface area contributed by atoms with Gasteiger partial charge in [-0.25, -0.2) is 0 Å². The van der Waals surface area contributed by atoms with Gasteiger partial charge in [0.25, 0.3) is 5.56 Å². The zero-order valence-corrected chi connectivity index (χ0v) is 17.2. The van der Waals surface area contributed by atoms with Crippen molar-refractivity contribution < 1.29 is 9.90 Å². The fraction of sp³-hybridized carbons (Fsp3) is 0.125. The van der Waals surface area contributed by atoms with Crippen molar-refractivity contribution in [3.05, 3.63) is 93.7 Å². The lowest BCUT2D eigenvalue weighted by atomic mass is 9.83. The van der Waals surface area contributed by atoms with Gasteiger partial charge < -0.3 is 5.11 Å². The number of rotatable bonds is 4. The van der Waals surface area contributed by atoms with Crippen LogP contribution in [0.1, 0.15) is 19.4 Å². The molecule has 30 heavy (non-hydrogen) atoms. The highest BCUT2D eigenvalue weighted by atomic mass is 35.5. The average Bonchev–Trinajstić information content (AvgIpc) is 2.75. The van der Waals surface area contributed by atoms with Crippen LogP contribution in [0.2, 0.25) is 5.02 Å². The predicted molar refractivity (Wildman–Crippen MR) is 118 cm³/mol. The van der Waals surface area contributed by atoms with Crippen LogP contribution in [0.15, 0.2) is 77.6 Å². The highest BCUT2D eigenvalue weighted by molar-refractivity contribution is 6.30. The summed E-state index contributed by atoms with van der Waals surface area (Å²) in [6.45, 7) is 3.32. The Morgan fingerprint density at radius 1 is 0.967 bits per heavy atom. The van der Waals surface area contributed by atoms with Crippen LogP contribution in [-0.4, -0.2) is 20.9 Å². The zero-order chi connectivity index (χ0) is 21.5. The standard InChI is InChI=1S/C24H19ClN2O3/c1-24(2,23(29)30)16-7-5-6-15(14-16)21-19-8-3-4-9-20(19)22(28)27(26-21)18-12-10-17(25)11-13-18/h3-14H,1-2H3,(H,29,30). The Balaban J connectivity index is 2.00. The first-order chi connectivity index (χ1) is 14.3. The van der Waals surface area contributed by atoms with Crippen molar-refractivity contribution >= 4 is 28.3 Å². The third-order valence-electron chi connectivity index (χ3n) is 5.27. The highest BCUT2D eigenvalue weighted by Crippen LogP contribution is 2.30. The quantitative estimate of drug-likeness (QED) is 0.502. The first-order valence-electron chi connectivity index (χ1n) is 9.41. The Labute approximate surface area is 178 Å². The number of hydrogen-bond acceptors (Lipinski definition) is 3. The van der Waals surface area contributed by atoms with Gasteiger partial charge in [0.2, 0.25) is 0 Å². The fourth-order valence-electron chi connectivity index (χ4n) is 3.34. The summed E-state index contributed by atoms with van der Waals surface area (Å²) < 4.78 is 1.35. The second kappa shape index (κ2) is 7.43. The van der Waals surface area contributed by atoms with Crippen LogP contribution in [0.5, 0.6) is 0 Å². The van der Waals surface area contributed by atoms with E-state index in [0.29, 0.717) is 32.7 Å². The van der Waals surface area contributed by atoms with E-state index >= 15 is 0 Å². The van der Waals surface area contributed by atoms with Gasteiger partial charge in [0.15, 0.2) is 0 Å². The molecule has 150 valence electrons. The SMILES string of the molecule is CC(C)(C(=O)O)c1cccc(-c2nn(-c3ccc(Cl)cc3)c(=O)c3ccccc23)c1. The minimum absolute atomic E-state index is 0.237. The van der Waals surface area contributed by atoms with Crippen LogP contribution in [0, 0.1) is 0 Å². The number of benzene rings is 3. The molecular formula is C24H19ClN2O3. The molecule has 1 heterocycles. The molecular weight excluding hydrogens is 400 g/mol. The van der Waals surface area contributed by atoms with Crippen molar-refractivity contribution in [2.75, 3.05) is 0 Å². The van der Waals surface area contributed by atoms with Crippen molar-refractivity contribution in [1.29, 1.82) is 0 Å². The van der Waals surface area contributed by atoms with Crippen molar-refractivity contribution in [3.63, 3.8) is 0 Å². The number of fused-ring (bicyclic) bond motifs is 1. The molecule has 0 unspecified atom stereocenters. The summed E-state index contributed by atoms with van der Waals surface area (Å²) in [7, 11) is 0. The van der Waals surface area contributed by atoms with Crippen molar-refractivity contribution in [2.45, 2.75) is 19.3 Å². The first-order valence-corrected chi connectivity index (χ1v) is 9.79. The highest BCUT2D eigenvalue weighted by Gasteiger charge is 2.29. The molecule has 0 bridgehead atoms. The molecule has 3 aromatic carbocycles. The molecule has 0 aliphatic carbocycles. The second-order valence-electron chi connectivity index (χ2n) is 7.60. The van der Waals surface area contributed by atoms with Crippen molar-refractivity contribution in [1.82, 2.24) is 9.78 Å². The molecule has 1 N–H and O–H groups in total. The topological polar surface area (TPSA) is 72.2 Å². The third kappa shape index (κ3) is 3.37. The minimum Gasteiger partial charge on any atom is -0.481 e. The summed E-state index contributed by atoms with van der Waals surface area (Å²) in [5.74, 6) is -0.913. The van der Waals surface area contributed by atoms with E-state index < -0.39 is 11.4 Å². The lowest BCUT2D eigenvalue weighted by Gasteiger charge is -2.20. The monoisotopic (exact) mass is 418 g/mol. The Morgan fingerprint density at radius 2 is 1.63 bits per heavy atom. The van der Waals surface area contributed by atoms with E-state index in [-0.39, 0.29) is 5.56 Å². The summed E-state index contributed by atoms with van der Waals surface area (Å²) >= 11 is 5.99. The number of aromatic nitrogens is 2. The van der Waals surface area contributed by atoms with Gasteiger partial charge in [-0.2, -0.15) is 9.78 Å². The molecule has 6 heteroatoms. The van der Waals surface area contributed by atoms with Crippen LogP contribution >= 0.6 is 11.6 Å². The first kappa shape index (κ1) is 19.9. The summed E-state index contributed by atoms with van der Waals surface area (Å²) in [4.78, 5) is 24.8. The van der Waals surface area contributed by atoms with Crippen molar-refractivity contribution in [3.8, 4) is 16.9 Å². The van der Waals surface area contributed by atoms with Gasteiger partial charge in [-0.15, -0.1) is 0 Å². The summed E-state index contributed by atoms with van der Waals surface area (Å²) in [5, 5.41) is 16.1. The van der Waals surface area contributed by atoms with Gasteiger partial charge >= 0.3 is 5.97 Å². The van der Waals surface area contributed by atoms with E-state index in [1.165, 1.54) is 4.68 Å². The van der Waals surface area contributed by atoms with Gasteiger partial charge in [0, 0.05) is 16.0 Å². The number of aliphatic carboxylic acids is 1. The largest absolute Gasteiger partial charge is 0.481 e. The van der Waals surface area contributed by atoms with Crippen LogP contribution in [0.3, 0.4) is 0 Å². The van der Waals surface area contributed by atoms with Crippen LogP contribution < -0.4 is 5.56 Å². The number of nitrogens with zero attached hydrogens (tertiary/aromatic N) is 2. The van der Waals surface area contributed by atoms with Gasteiger partial charge in [-0.1, -0.05) is 48.0 Å². The second-order valence-corrected chi connectivity index (χ2v) is 8.03. The minimum atomic E-state index is -1.06. The van der Waals surface area contributed by atoms with E-state index in [1.807, 2.05) is 36.4 Å². The van der Waals surface area contributed by atoms with E-state index in [0.717, 1.165) is 5.56 Å². The van der Waals surface area contributed by atoms with Gasteiger partial charge in [-0.05, 0) is 55.8 Å². The number of carboxylic acid groups (broad SMARTS) is 1. The molecule has 0 spiro atoms. The Kier molecular flexibility index (Phi) is 4.92. The molecule has 4 aromatic rings. The number of carboxylic acids is 1. The van der Waals surface area contributed by atoms with Crippen LogP contribution in [0.4, 0.5) is 0 Å². The van der Waals surface area contributed by atoms with E-state index in [4.69, 9.17) is 11.6 Å². The molecule has 0 radical (unpaired) electrons. The Hall–Kier alpha value is -3.44. The molecule has 1 aromatic heterocycles. The number of hydrogen-bond donors (Lipinski definition) is 1. The molecule has 0 fully saturated rings. The summed E-state index contributed by atoms with van der Waals surface area (Å²) in [6.07, 6.45) is 0. The Bertz CT molecular complexity index is 1320. The number of halogens is 1. The zero-order valence-electron chi connectivity index (χ0n) is 16.5. The van der Waals surface area contributed by atoms with E-state index in [9.17, 15) is 14.7 Å². The van der Waals surface area contributed by atoms with Gasteiger partial charge in [-0.3, -0.25) is 9.59 Å². The average molecular weight is 419 g/mol. The number of carbonyl (C=O) groups is 1. The predicted octanol–water partition coefficient (Wildman–Crippen LogP) is 5.07. The molecule has 0 amide bonds. The fourth-order valence-corrected chi connectivity index (χ4v) is 3.46. The molecule has 5 nitrogen and oxygen atoms in total. The molecule has 0 aliphatic rings. The lowest BCUT2D eigenvalue weighted by molar-refractivity contribution is -0.142. The summed E-state index contributed by atoms with van der Waals surface area (Å²) in [6, 6.07) is 21.4. The third-order valence-corrected chi connectivity index (χ3v) is 5.52. The molecule has 0 aliphatic heterocycles. The Morgan fingerprint density at radius 3 is 2.30 bits per heavy atom. The van der Waals surface area contributed by atoms with Crippen LogP contribution in [-0.2, 0) is 10.2 Å². The molecule has 4 rings (SSSR count). The maximum atomic E-state index is 13.1. The maximum Gasteiger partial charge on any atom is 0.313 e.